The standard InChI is InChI=1S/C14H15NO2S/c16-14(17)10-7-5-9(6-8-10)13-11-3-1-2-4-12(11)18-15-13/h1-4,9-10H,5-8H2,(H,16,17). The van der Waals surface area contributed by atoms with Crippen molar-refractivity contribution in [3.63, 3.8) is 0 Å². The summed E-state index contributed by atoms with van der Waals surface area (Å²) in [6.07, 6.45) is 3.47. The molecule has 0 spiro atoms. The van der Waals surface area contributed by atoms with E-state index in [1.807, 2.05) is 12.1 Å². The van der Waals surface area contributed by atoms with Crippen LogP contribution in [-0.4, -0.2) is 15.4 Å². The average Bonchev–Trinajstić information content (AvgIpc) is 2.82. The molecule has 4 heteroatoms. The molecule has 3 nitrogen and oxygen atoms in total. The van der Waals surface area contributed by atoms with Crippen LogP contribution in [0.2, 0.25) is 0 Å². The van der Waals surface area contributed by atoms with Crippen LogP contribution in [-0.2, 0) is 4.79 Å². The highest BCUT2D eigenvalue weighted by Crippen LogP contribution is 2.39. The number of carboxylic acid groups (broad SMARTS) is 1. The first-order chi connectivity index (χ1) is 8.75. The minimum absolute atomic E-state index is 0.147. The predicted octanol–water partition coefficient (Wildman–Crippen LogP) is 3.65. The lowest BCUT2D eigenvalue weighted by Gasteiger charge is -2.25. The number of rotatable bonds is 2. The van der Waals surface area contributed by atoms with Gasteiger partial charge >= 0.3 is 5.97 Å². The van der Waals surface area contributed by atoms with Crippen molar-refractivity contribution in [3.05, 3.63) is 30.0 Å². The molecule has 0 aliphatic heterocycles. The number of aliphatic carboxylic acids is 1. The summed E-state index contributed by atoms with van der Waals surface area (Å²) in [5, 5.41) is 10.3. The Balaban J connectivity index is 1.82. The van der Waals surface area contributed by atoms with Crippen molar-refractivity contribution >= 4 is 27.6 Å². The minimum atomic E-state index is -0.642. The zero-order chi connectivity index (χ0) is 12.5. The molecule has 0 atom stereocenters. The maximum absolute atomic E-state index is 10.9. The van der Waals surface area contributed by atoms with Crippen LogP contribution in [0.5, 0.6) is 0 Å². The molecule has 1 aliphatic carbocycles. The summed E-state index contributed by atoms with van der Waals surface area (Å²) in [5.41, 5.74) is 1.18. The second-order valence-corrected chi connectivity index (χ2v) is 5.76. The van der Waals surface area contributed by atoms with Gasteiger partial charge in [0.25, 0.3) is 0 Å². The second kappa shape index (κ2) is 4.69. The molecule has 1 fully saturated rings. The second-order valence-electron chi connectivity index (χ2n) is 4.95. The van der Waals surface area contributed by atoms with Crippen LogP contribution in [0, 0.1) is 5.92 Å². The van der Waals surface area contributed by atoms with Gasteiger partial charge in [0.15, 0.2) is 0 Å². The maximum atomic E-state index is 10.9. The van der Waals surface area contributed by atoms with Gasteiger partial charge in [0.2, 0.25) is 0 Å². The number of carbonyl (C=O) groups is 1. The Bertz CT molecular complexity index is 570. The van der Waals surface area contributed by atoms with Crippen molar-refractivity contribution in [2.75, 3.05) is 0 Å². The molecule has 0 bridgehead atoms. The first-order valence-corrected chi connectivity index (χ1v) is 7.10. The van der Waals surface area contributed by atoms with Crippen LogP contribution >= 0.6 is 11.5 Å². The highest BCUT2D eigenvalue weighted by Gasteiger charge is 2.28. The molecule has 1 N–H and O–H groups in total. The summed E-state index contributed by atoms with van der Waals surface area (Å²) in [4.78, 5) is 10.9. The third kappa shape index (κ3) is 2.01. The van der Waals surface area contributed by atoms with E-state index < -0.39 is 5.97 Å². The highest BCUT2D eigenvalue weighted by atomic mass is 32.1. The molecule has 0 amide bonds. The van der Waals surface area contributed by atoms with E-state index in [9.17, 15) is 4.79 Å². The van der Waals surface area contributed by atoms with E-state index in [4.69, 9.17) is 5.11 Å². The third-order valence-electron chi connectivity index (χ3n) is 3.87. The van der Waals surface area contributed by atoms with Crippen LogP contribution in [0.15, 0.2) is 24.3 Å². The Hall–Kier alpha value is -1.42. The lowest BCUT2D eigenvalue weighted by molar-refractivity contribution is -0.142. The van der Waals surface area contributed by atoms with E-state index in [-0.39, 0.29) is 5.92 Å². The number of carboxylic acids is 1. The summed E-state index contributed by atoms with van der Waals surface area (Å²) in [5.74, 6) is -0.348. The van der Waals surface area contributed by atoms with Gasteiger partial charge < -0.3 is 5.11 Å². The maximum Gasteiger partial charge on any atom is 0.306 e. The van der Waals surface area contributed by atoms with Crippen molar-refractivity contribution in [1.29, 1.82) is 0 Å². The number of benzene rings is 1. The molecule has 1 aliphatic rings. The fraction of sp³-hybridized carbons (Fsp3) is 0.429. The molecule has 0 saturated heterocycles. The van der Waals surface area contributed by atoms with Crippen LogP contribution in [0.4, 0.5) is 0 Å². The lowest BCUT2D eigenvalue weighted by atomic mass is 9.80. The van der Waals surface area contributed by atoms with Crippen molar-refractivity contribution in [2.45, 2.75) is 31.6 Å². The van der Waals surface area contributed by atoms with E-state index in [0.29, 0.717) is 5.92 Å². The Morgan fingerprint density at radius 3 is 2.67 bits per heavy atom. The molecule has 1 aromatic carbocycles. The number of hydrogen-bond acceptors (Lipinski definition) is 3. The first kappa shape index (κ1) is 11.7. The van der Waals surface area contributed by atoms with Crippen molar-refractivity contribution in [1.82, 2.24) is 4.37 Å². The van der Waals surface area contributed by atoms with Gasteiger partial charge in [0.1, 0.15) is 0 Å². The SMILES string of the molecule is O=C(O)C1CCC(c2nsc3ccccc23)CC1. The van der Waals surface area contributed by atoms with E-state index in [1.54, 1.807) is 11.5 Å². The fourth-order valence-corrected chi connectivity index (χ4v) is 3.67. The number of hydrogen-bond donors (Lipinski definition) is 1. The third-order valence-corrected chi connectivity index (χ3v) is 4.71. The monoisotopic (exact) mass is 261 g/mol. The first-order valence-electron chi connectivity index (χ1n) is 6.33. The Morgan fingerprint density at radius 2 is 1.94 bits per heavy atom. The summed E-state index contributed by atoms with van der Waals surface area (Å²) < 4.78 is 5.81. The number of nitrogens with zero attached hydrogens (tertiary/aromatic N) is 1. The molecule has 18 heavy (non-hydrogen) atoms. The Labute approximate surface area is 110 Å². The van der Waals surface area contributed by atoms with Gasteiger partial charge in [-0.1, -0.05) is 18.2 Å². The van der Waals surface area contributed by atoms with E-state index in [0.717, 1.165) is 25.7 Å². The van der Waals surface area contributed by atoms with E-state index in [1.165, 1.54) is 15.8 Å². The number of aromatic nitrogens is 1. The van der Waals surface area contributed by atoms with Crippen LogP contribution < -0.4 is 0 Å². The van der Waals surface area contributed by atoms with Crippen LogP contribution in [0.25, 0.3) is 10.1 Å². The summed E-state index contributed by atoms with van der Waals surface area (Å²) >= 11 is 1.55. The largest absolute Gasteiger partial charge is 0.481 e. The molecule has 1 heterocycles. The summed E-state index contributed by atoms with van der Waals surface area (Å²) in [6.45, 7) is 0. The molecule has 94 valence electrons. The van der Waals surface area contributed by atoms with Crippen molar-refractivity contribution in [3.8, 4) is 0 Å². The molecular formula is C14H15NO2S. The van der Waals surface area contributed by atoms with Crippen molar-refractivity contribution < 1.29 is 9.90 Å². The quantitative estimate of drug-likeness (QED) is 0.897. The molecule has 3 rings (SSSR count). The smallest absolute Gasteiger partial charge is 0.306 e. The topological polar surface area (TPSA) is 50.2 Å². The Kier molecular flexibility index (Phi) is 3.04. The van der Waals surface area contributed by atoms with Gasteiger partial charge in [-0.2, -0.15) is 4.37 Å². The van der Waals surface area contributed by atoms with Crippen molar-refractivity contribution in [2.24, 2.45) is 5.92 Å². The predicted molar refractivity (Wildman–Crippen MR) is 72.0 cm³/mol. The number of fused-ring (bicyclic) bond motifs is 1. The van der Waals surface area contributed by atoms with Crippen LogP contribution in [0.1, 0.15) is 37.3 Å². The van der Waals surface area contributed by atoms with E-state index in [2.05, 4.69) is 16.5 Å². The fourth-order valence-electron chi connectivity index (χ4n) is 2.81. The molecule has 1 saturated carbocycles. The Morgan fingerprint density at radius 1 is 1.22 bits per heavy atom. The minimum Gasteiger partial charge on any atom is -0.481 e. The van der Waals surface area contributed by atoms with Crippen LogP contribution in [0.3, 0.4) is 0 Å². The average molecular weight is 261 g/mol. The van der Waals surface area contributed by atoms with Gasteiger partial charge in [-0.15, -0.1) is 0 Å². The highest BCUT2D eigenvalue weighted by molar-refractivity contribution is 7.13. The summed E-state index contributed by atoms with van der Waals surface area (Å²) in [7, 11) is 0. The molecule has 0 radical (unpaired) electrons. The molecule has 2 aromatic rings. The molecule has 0 unspecified atom stereocenters. The zero-order valence-corrected chi connectivity index (χ0v) is 10.8. The van der Waals surface area contributed by atoms with Gasteiger partial charge in [0, 0.05) is 11.3 Å². The van der Waals surface area contributed by atoms with Gasteiger partial charge in [-0.05, 0) is 43.3 Å². The summed E-state index contributed by atoms with van der Waals surface area (Å²) in [6, 6.07) is 8.30. The lowest BCUT2D eigenvalue weighted by Crippen LogP contribution is -2.20. The van der Waals surface area contributed by atoms with Gasteiger partial charge in [-0.25, -0.2) is 0 Å². The molecule has 1 aromatic heterocycles. The van der Waals surface area contributed by atoms with Gasteiger partial charge in [-0.3, -0.25) is 4.79 Å². The van der Waals surface area contributed by atoms with E-state index >= 15 is 0 Å². The normalized spacial score (nSPS) is 24.2. The van der Waals surface area contributed by atoms with Gasteiger partial charge in [0.05, 0.1) is 16.3 Å². The zero-order valence-electron chi connectivity index (χ0n) is 10.0. The molecular weight excluding hydrogens is 246 g/mol.